The second kappa shape index (κ2) is 6.10. The van der Waals surface area contributed by atoms with Gasteiger partial charge in [0, 0.05) is 12.8 Å². The SMILES string of the molecule is O=C1C=CC[C@H](CC(=O)C=Cc2ccccc2)C1. The first kappa shape index (κ1) is 12.5. The van der Waals surface area contributed by atoms with Crippen molar-refractivity contribution in [1.29, 1.82) is 0 Å². The minimum atomic E-state index is 0.0898. The van der Waals surface area contributed by atoms with E-state index >= 15 is 0 Å². The number of carbonyl (C=O) groups is 2. The van der Waals surface area contributed by atoms with Crippen molar-refractivity contribution >= 4 is 17.6 Å². The third kappa shape index (κ3) is 3.81. The van der Waals surface area contributed by atoms with Gasteiger partial charge in [-0.05, 0) is 30.1 Å². The largest absolute Gasteiger partial charge is 0.295 e. The van der Waals surface area contributed by atoms with Gasteiger partial charge in [0.15, 0.2) is 11.6 Å². The second-order valence-corrected chi connectivity index (χ2v) is 4.59. The molecule has 1 aliphatic carbocycles. The molecule has 0 bridgehead atoms. The van der Waals surface area contributed by atoms with Crippen LogP contribution in [-0.2, 0) is 9.59 Å². The van der Waals surface area contributed by atoms with Crippen molar-refractivity contribution in [3.8, 4) is 0 Å². The molecule has 0 heterocycles. The number of hydrogen-bond donors (Lipinski definition) is 0. The molecule has 0 unspecified atom stereocenters. The van der Waals surface area contributed by atoms with Crippen LogP contribution in [0.25, 0.3) is 6.08 Å². The number of carbonyl (C=O) groups excluding carboxylic acids is 2. The van der Waals surface area contributed by atoms with Gasteiger partial charge in [0.25, 0.3) is 0 Å². The Labute approximate surface area is 107 Å². The molecule has 0 amide bonds. The van der Waals surface area contributed by atoms with Crippen molar-refractivity contribution in [3.05, 3.63) is 54.1 Å². The molecule has 2 heteroatoms. The molecule has 1 aromatic carbocycles. The molecule has 0 N–H and O–H groups in total. The van der Waals surface area contributed by atoms with E-state index in [1.807, 2.05) is 42.5 Å². The van der Waals surface area contributed by atoms with Crippen LogP contribution in [0.3, 0.4) is 0 Å². The van der Waals surface area contributed by atoms with Crippen LogP contribution in [0.4, 0.5) is 0 Å². The van der Waals surface area contributed by atoms with Gasteiger partial charge >= 0.3 is 0 Å². The summed E-state index contributed by atoms with van der Waals surface area (Å²) in [5.41, 5.74) is 1.02. The maximum atomic E-state index is 11.8. The first-order valence-corrected chi connectivity index (χ1v) is 6.19. The van der Waals surface area contributed by atoms with Crippen molar-refractivity contribution in [2.24, 2.45) is 5.92 Å². The van der Waals surface area contributed by atoms with E-state index in [0.717, 1.165) is 12.0 Å². The van der Waals surface area contributed by atoms with Gasteiger partial charge in [0.1, 0.15) is 0 Å². The van der Waals surface area contributed by atoms with Gasteiger partial charge in [-0.2, -0.15) is 0 Å². The van der Waals surface area contributed by atoms with Crippen LogP contribution in [0, 0.1) is 5.92 Å². The molecule has 2 rings (SSSR count). The van der Waals surface area contributed by atoms with Crippen LogP contribution in [0.5, 0.6) is 0 Å². The number of allylic oxidation sites excluding steroid dienone is 3. The zero-order valence-electron chi connectivity index (χ0n) is 10.2. The first-order valence-electron chi connectivity index (χ1n) is 6.19. The van der Waals surface area contributed by atoms with Gasteiger partial charge in [-0.15, -0.1) is 0 Å². The third-order valence-electron chi connectivity index (χ3n) is 3.01. The lowest BCUT2D eigenvalue weighted by atomic mass is 9.89. The van der Waals surface area contributed by atoms with Gasteiger partial charge in [0.2, 0.25) is 0 Å². The molecule has 0 aliphatic heterocycles. The van der Waals surface area contributed by atoms with E-state index in [1.54, 1.807) is 12.2 Å². The molecule has 1 atom stereocenters. The summed E-state index contributed by atoms with van der Waals surface area (Å²) in [5.74, 6) is 0.397. The van der Waals surface area contributed by atoms with Gasteiger partial charge < -0.3 is 0 Å². The topological polar surface area (TPSA) is 34.1 Å². The summed E-state index contributed by atoms with van der Waals surface area (Å²) in [5, 5.41) is 0. The fourth-order valence-corrected chi connectivity index (χ4v) is 2.09. The zero-order valence-corrected chi connectivity index (χ0v) is 10.2. The van der Waals surface area contributed by atoms with Crippen LogP contribution in [0.15, 0.2) is 48.6 Å². The molecule has 0 saturated heterocycles. The monoisotopic (exact) mass is 240 g/mol. The van der Waals surface area contributed by atoms with Crippen LogP contribution in [0.2, 0.25) is 0 Å². The summed E-state index contributed by atoms with van der Waals surface area (Å²) in [6, 6.07) is 9.73. The number of hydrogen-bond acceptors (Lipinski definition) is 2. The lowest BCUT2D eigenvalue weighted by molar-refractivity contribution is -0.117. The number of benzene rings is 1. The molecule has 0 fully saturated rings. The molecule has 0 radical (unpaired) electrons. The highest BCUT2D eigenvalue weighted by molar-refractivity contribution is 5.95. The van der Waals surface area contributed by atoms with E-state index in [0.29, 0.717) is 12.8 Å². The lowest BCUT2D eigenvalue weighted by Crippen LogP contribution is -2.13. The molecule has 0 aromatic heterocycles. The first-order chi connectivity index (χ1) is 8.74. The second-order valence-electron chi connectivity index (χ2n) is 4.59. The van der Waals surface area contributed by atoms with E-state index in [1.165, 1.54) is 0 Å². The highest BCUT2D eigenvalue weighted by Gasteiger charge is 2.17. The Morgan fingerprint density at radius 3 is 2.78 bits per heavy atom. The molecule has 0 spiro atoms. The van der Waals surface area contributed by atoms with Crippen molar-refractivity contribution < 1.29 is 9.59 Å². The minimum absolute atomic E-state index is 0.0898. The van der Waals surface area contributed by atoms with Crippen molar-refractivity contribution in [3.63, 3.8) is 0 Å². The maximum absolute atomic E-state index is 11.8. The van der Waals surface area contributed by atoms with Crippen molar-refractivity contribution in [2.75, 3.05) is 0 Å². The van der Waals surface area contributed by atoms with Crippen LogP contribution >= 0.6 is 0 Å². The van der Waals surface area contributed by atoms with Crippen LogP contribution in [0.1, 0.15) is 24.8 Å². The Kier molecular flexibility index (Phi) is 4.24. The molecular weight excluding hydrogens is 224 g/mol. The van der Waals surface area contributed by atoms with E-state index in [4.69, 9.17) is 0 Å². The van der Waals surface area contributed by atoms with Crippen molar-refractivity contribution in [1.82, 2.24) is 0 Å². The summed E-state index contributed by atoms with van der Waals surface area (Å²) >= 11 is 0. The van der Waals surface area contributed by atoms with E-state index in [2.05, 4.69) is 0 Å². The summed E-state index contributed by atoms with van der Waals surface area (Å²) in [6.07, 6.45) is 8.70. The molecule has 2 nitrogen and oxygen atoms in total. The summed E-state index contributed by atoms with van der Waals surface area (Å²) in [7, 11) is 0. The Hall–Kier alpha value is -1.96. The summed E-state index contributed by atoms with van der Waals surface area (Å²) < 4.78 is 0. The molecule has 92 valence electrons. The Morgan fingerprint density at radius 2 is 2.06 bits per heavy atom. The average Bonchev–Trinajstić information content (AvgIpc) is 2.38. The summed E-state index contributed by atoms with van der Waals surface area (Å²) in [6.45, 7) is 0. The predicted octanol–water partition coefficient (Wildman–Crippen LogP) is 3.19. The van der Waals surface area contributed by atoms with Gasteiger partial charge in [-0.3, -0.25) is 9.59 Å². The maximum Gasteiger partial charge on any atom is 0.156 e. The third-order valence-corrected chi connectivity index (χ3v) is 3.01. The lowest BCUT2D eigenvalue weighted by Gasteiger charge is -2.14. The average molecular weight is 240 g/mol. The number of rotatable bonds is 4. The molecule has 1 aliphatic rings. The quantitative estimate of drug-likeness (QED) is 0.757. The van der Waals surface area contributed by atoms with Gasteiger partial charge in [-0.1, -0.05) is 42.5 Å². The van der Waals surface area contributed by atoms with Crippen molar-refractivity contribution in [2.45, 2.75) is 19.3 Å². The minimum Gasteiger partial charge on any atom is -0.295 e. The Bertz CT molecular complexity index is 483. The molecular formula is C16H16O2. The summed E-state index contributed by atoms with van der Waals surface area (Å²) in [4.78, 5) is 23.0. The highest BCUT2D eigenvalue weighted by atomic mass is 16.1. The molecule has 18 heavy (non-hydrogen) atoms. The zero-order chi connectivity index (χ0) is 12.8. The molecule has 1 aromatic rings. The van der Waals surface area contributed by atoms with Gasteiger partial charge in [-0.25, -0.2) is 0 Å². The number of ketones is 2. The molecule has 0 saturated carbocycles. The van der Waals surface area contributed by atoms with Crippen LogP contribution in [-0.4, -0.2) is 11.6 Å². The van der Waals surface area contributed by atoms with E-state index in [9.17, 15) is 9.59 Å². The normalized spacial score (nSPS) is 19.3. The Balaban J connectivity index is 1.87. The fraction of sp³-hybridized carbons (Fsp3) is 0.250. The predicted molar refractivity (Wildman–Crippen MR) is 72.0 cm³/mol. The smallest absolute Gasteiger partial charge is 0.156 e. The van der Waals surface area contributed by atoms with E-state index < -0.39 is 0 Å². The van der Waals surface area contributed by atoms with Gasteiger partial charge in [0.05, 0.1) is 0 Å². The fourth-order valence-electron chi connectivity index (χ4n) is 2.09. The highest BCUT2D eigenvalue weighted by Crippen LogP contribution is 2.20. The Morgan fingerprint density at radius 1 is 1.28 bits per heavy atom. The van der Waals surface area contributed by atoms with E-state index in [-0.39, 0.29) is 17.5 Å². The standard InChI is InChI=1S/C16H16O2/c17-15-8-4-7-14(11-15)12-16(18)10-9-13-5-2-1-3-6-13/h1-6,8-10,14H,7,11-12H2/t14-/m0/s1. The van der Waals surface area contributed by atoms with Crippen LogP contribution < -0.4 is 0 Å².